The standard InChI is InChI=1S/C16H15ClF2IN/c1-3-21-16(10-4-5-15(20)12(17)7-10)11-8-13(18)9(2)6-14(11)19/h4-8,16,21H,3H2,1-2H3. The number of aryl methyl sites for hydroxylation is 1. The Labute approximate surface area is 141 Å². The first-order chi connectivity index (χ1) is 9.93. The highest BCUT2D eigenvalue weighted by molar-refractivity contribution is 14.1. The van der Waals surface area contributed by atoms with Crippen LogP contribution in [-0.2, 0) is 0 Å². The van der Waals surface area contributed by atoms with Gasteiger partial charge < -0.3 is 5.32 Å². The molecule has 2 aromatic carbocycles. The zero-order valence-corrected chi connectivity index (χ0v) is 14.6. The van der Waals surface area contributed by atoms with E-state index in [2.05, 4.69) is 27.9 Å². The summed E-state index contributed by atoms with van der Waals surface area (Å²) in [6.45, 7) is 4.10. The third kappa shape index (κ3) is 3.73. The summed E-state index contributed by atoms with van der Waals surface area (Å²) in [5, 5.41) is 3.78. The Morgan fingerprint density at radius 1 is 1.19 bits per heavy atom. The molecule has 0 saturated heterocycles. The van der Waals surface area contributed by atoms with Crippen molar-refractivity contribution in [3.8, 4) is 0 Å². The van der Waals surface area contributed by atoms with E-state index >= 15 is 0 Å². The van der Waals surface area contributed by atoms with E-state index in [0.717, 1.165) is 9.13 Å². The highest BCUT2D eigenvalue weighted by atomic mass is 127. The first-order valence-electron chi connectivity index (χ1n) is 6.58. The highest BCUT2D eigenvalue weighted by Gasteiger charge is 2.19. The Morgan fingerprint density at radius 2 is 1.90 bits per heavy atom. The van der Waals surface area contributed by atoms with Gasteiger partial charge >= 0.3 is 0 Å². The molecule has 1 unspecified atom stereocenters. The molecule has 0 amide bonds. The van der Waals surface area contributed by atoms with Crippen LogP contribution in [0.5, 0.6) is 0 Å². The molecular formula is C16H15ClF2IN. The predicted molar refractivity (Wildman–Crippen MR) is 90.8 cm³/mol. The van der Waals surface area contributed by atoms with Crippen molar-refractivity contribution in [3.05, 3.63) is 67.2 Å². The molecule has 5 heteroatoms. The van der Waals surface area contributed by atoms with Crippen LogP contribution in [0.15, 0.2) is 30.3 Å². The molecule has 1 atom stereocenters. The van der Waals surface area contributed by atoms with E-state index in [0.29, 0.717) is 17.1 Å². The maximum absolute atomic E-state index is 14.2. The molecule has 1 N–H and O–H groups in total. The monoisotopic (exact) mass is 421 g/mol. The predicted octanol–water partition coefficient (Wildman–Crippen LogP) is 5.23. The van der Waals surface area contributed by atoms with Crippen LogP contribution in [0.25, 0.3) is 0 Å². The minimum absolute atomic E-state index is 0.289. The zero-order chi connectivity index (χ0) is 15.6. The molecule has 21 heavy (non-hydrogen) atoms. The van der Waals surface area contributed by atoms with Gasteiger partial charge in [-0.05, 0) is 71.5 Å². The number of benzene rings is 2. The molecular weight excluding hydrogens is 407 g/mol. The van der Waals surface area contributed by atoms with Crippen molar-refractivity contribution < 1.29 is 8.78 Å². The summed E-state index contributed by atoms with van der Waals surface area (Å²) in [5.41, 5.74) is 1.40. The molecule has 1 nitrogen and oxygen atoms in total. The van der Waals surface area contributed by atoms with E-state index in [1.807, 2.05) is 19.1 Å². The smallest absolute Gasteiger partial charge is 0.128 e. The van der Waals surface area contributed by atoms with Gasteiger partial charge in [0.25, 0.3) is 0 Å². The minimum Gasteiger partial charge on any atom is -0.306 e. The van der Waals surface area contributed by atoms with Crippen LogP contribution in [0, 0.1) is 22.1 Å². The van der Waals surface area contributed by atoms with Crippen LogP contribution in [-0.4, -0.2) is 6.54 Å². The average molecular weight is 422 g/mol. The van der Waals surface area contributed by atoms with E-state index in [9.17, 15) is 8.78 Å². The second kappa shape index (κ2) is 7.03. The maximum atomic E-state index is 14.2. The summed E-state index contributed by atoms with van der Waals surface area (Å²) in [6, 6.07) is 7.57. The van der Waals surface area contributed by atoms with Gasteiger partial charge in [-0.2, -0.15) is 0 Å². The lowest BCUT2D eigenvalue weighted by Crippen LogP contribution is -2.23. The van der Waals surface area contributed by atoms with Crippen LogP contribution in [0.3, 0.4) is 0 Å². The van der Waals surface area contributed by atoms with E-state index in [1.54, 1.807) is 13.0 Å². The number of nitrogens with one attached hydrogen (secondary N) is 1. The molecule has 2 aromatic rings. The third-order valence-corrected chi connectivity index (χ3v) is 4.85. The molecule has 0 fully saturated rings. The second-order valence-electron chi connectivity index (χ2n) is 4.79. The van der Waals surface area contributed by atoms with Gasteiger partial charge in [0.15, 0.2) is 0 Å². The molecule has 0 aromatic heterocycles. The largest absolute Gasteiger partial charge is 0.306 e. The van der Waals surface area contributed by atoms with E-state index in [1.165, 1.54) is 12.1 Å². The summed E-state index contributed by atoms with van der Waals surface area (Å²) in [6.07, 6.45) is 0. The molecule has 0 aliphatic rings. The number of rotatable bonds is 4. The van der Waals surface area contributed by atoms with Crippen LogP contribution >= 0.6 is 34.2 Å². The van der Waals surface area contributed by atoms with Gasteiger partial charge in [0, 0.05) is 9.13 Å². The normalized spacial score (nSPS) is 12.5. The number of hydrogen-bond donors (Lipinski definition) is 1. The Morgan fingerprint density at radius 3 is 2.52 bits per heavy atom. The zero-order valence-electron chi connectivity index (χ0n) is 11.7. The van der Waals surface area contributed by atoms with Gasteiger partial charge in [0.1, 0.15) is 11.6 Å². The Hall–Kier alpha value is -0.720. The quantitative estimate of drug-likeness (QED) is 0.667. The van der Waals surface area contributed by atoms with Crippen LogP contribution in [0.1, 0.15) is 29.7 Å². The van der Waals surface area contributed by atoms with Crippen LogP contribution in [0.2, 0.25) is 5.02 Å². The topological polar surface area (TPSA) is 12.0 Å². The fourth-order valence-corrected chi connectivity index (χ4v) is 2.71. The van der Waals surface area contributed by atoms with Crippen molar-refractivity contribution in [1.29, 1.82) is 0 Å². The fourth-order valence-electron chi connectivity index (χ4n) is 2.19. The first-order valence-corrected chi connectivity index (χ1v) is 8.03. The van der Waals surface area contributed by atoms with Crippen molar-refractivity contribution in [2.75, 3.05) is 6.54 Å². The van der Waals surface area contributed by atoms with Gasteiger partial charge in [0.2, 0.25) is 0 Å². The Bertz CT molecular complexity index is 661. The van der Waals surface area contributed by atoms with Gasteiger partial charge in [-0.3, -0.25) is 0 Å². The highest BCUT2D eigenvalue weighted by Crippen LogP contribution is 2.29. The number of halogens is 4. The summed E-state index contributed by atoms with van der Waals surface area (Å²) in [5.74, 6) is -0.833. The lowest BCUT2D eigenvalue weighted by molar-refractivity contribution is 0.541. The van der Waals surface area contributed by atoms with E-state index in [-0.39, 0.29) is 5.56 Å². The second-order valence-corrected chi connectivity index (χ2v) is 6.36. The molecule has 0 bridgehead atoms. The van der Waals surface area contributed by atoms with Crippen LogP contribution < -0.4 is 5.32 Å². The van der Waals surface area contributed by atoms with E-state index < -0.39 is 17.7 Å². The summed E-state index contributed by atoms with van der Waals surface area (Å²) in [4.78, 5) is 0. The van der Waals surface area contributed by atoms with Crippen LogP contribution in [0.4, 0.5) is 8.78 Å². The van der Waals surface area contributed by atoms with Crippen molar-refractivity contribution in [2.45, 2.75) is 19.9 Å². The van der Waals surface area contributed by atoms with Crippen molar-refractivity contribution in [3.63, 3.8) is 0 Å². The van der Waals surface area contributed by atoms with Crippen molar-refractivity contribution in [1.82, 2.24) is 5.32 Å². The lowest BCUT2D eigenvalue weighted by Gasteiger charge is -2.20. The summed E-state index contributed by atoms with van der Waals surface area (Å²) < 4.78 is 28.9. The summed E-state index contributed by atoms with van der Waals surface area (Å²) >= 11 is 8.27. The molecule has 0 heterocycles. The molecule has 2 rings (SSSR count). The van der Waals surface area contributed by atoms with E-state index in [4.69, 9.17) is 11.6 Å². The maximum Gasteiger partial charge on any atom is 0.128 e. The van der Waals surface area contributed by atoms with Gasteiger partial charge in [-0.1, -0.05) is 24.6 Å². The molecule has 0 aliphatic heterocycles. The molecule has 0 spiro atoms. The SMILES string of the molecule is CCNC(c1ccc(I)c(Cl)c1)c1cc(F)c(C)cc1F. The molecule has 0 radical (unpaired) electrons. The lowest BCUT2D eigenvalue weighted by atomic mass is 9.97. The Kier molecular flexibility index (Phi) is 5.57. The van der Waals surface area contributed by atoms with Crippen molar-refractivity contribution >= 4 is 34.2 Å². The minimum atomic E-state index is -0.431. The number of hydrogen-bond acceptors (Lipinski definition) is 1. The van der Waals surface area contributed by atoms with Gasteiger partial charge in [0.05, 0.1) is 11.1 Å². The summed E-state index contributed by atoms with van der Waals surface area (Å²) in [7, 11) is 0. The molecule has 112 valence electrons. The first kappa shape index (κ1) is 16.6. The van der Waals surface area contributed by atoms with Crippen molar-refractivity contribution in [2.24, 2.45) is 0 Å². The van der Waals surface area contributed by atoms with Gasteiger partial charge in [-0.15, -0.1) is 0 Å². The Balaban J connectivity index is 2.52. The third-order valence-electron chi connectivity index (χ3n) is 3.27. The molecule has 0 aliphatic carbocycles. The fraction of sp³-hybridized carbons (Fsp3) is 0.250. The molecule has 0 saturated carbocycles. The van der Waals surface area contributed by atoms with Gasteiger partial charge in [-0.25, -0.2) is 8.78 Å². The average Bonchev–Trinajstić information content (AvgIpc) is 2.44.